The van der Waals surface area contributed by atoms with Crippen molar-refractivity contribution in [2.24, 2.45) is 22.5 Å². The Morgan fingerprint density at radius 3 is 2.51 bits per heavy atom. The van der Waals surface area contributed by atoms with Crippen LogP contribution in [-0.4, -0.2) is 52.5 Å². The normalized spacial score (nSPS) is 17.0. The molecule has 39 heavy (non-hydrogen) atoms. The number of nitrogens with zero attached hydrogens (tertiary/aromatic N) is 2. The van der Waals surface area contributed by atoms with Crippen molar-refractivity contribution in [2.45, 2.75) is 38.0 Å². The Bertz CT molecular complexity index is 1270. The predicted molar refractivity (Wildman–Crippen MR) is 142 cm³/mol. The van der Waals surface area contributed by atoms with Gasteiger partial charge in [-0.1, -0.05) is 49.4 Å². The molecule has 206 valence electrons. The molecule has 0 saturated carbocycles. The lowest BCUT2D eigenvalue weighted by Gasteiger charge is -2.27. The zero-order valence-corrected chi connectivity index (χ0v) is 21.2. The van der Waals surface area contributed by atoms with E-state index in [0.29, 0.717) is 16.8 Å². The first-order valence-corrected chi connectivity index (χ1v) is 12.0. The molecule has 3 rings (SSSR count). The van der Waals surface area contributed by atoms with Gasteiger partial charge in [0.1, 0.15) is 6.61 Å². The number of hydrogen-bond acceptors (Lipinski definition) is 9. The van der Waals surface area contributed by atoms with Crippen molar-refractivity contribution >= 4 is 35.1 Å². The molecule has 0 bridgehead atoms. The molecule has 2 aromatic carbocycles. The fourth-order valence-corrected chi connectivity index (χ4v) is 3.91. The van der Waals surface area contributed by atoms with E-state index in [2.05, 4.69) is 21.2 Å². The van der Waals surface area contributed by atoms with Gasteiger partial charge in [0.15, 0.2) is 5.96 Å². The van der Waals surface area contributed by atoms with Gasteiger partial charge in [-0.3, -0.25) is 25.1 Å². The quantitative estimate of drug-likeness (QED) is 0.0581. The highest BCUT2D eigenvalue weighted by Crippen LogP contribution is 2.21. The Morgan fingerprint density at radius 2 is 1.92 bits per heavy atom. The molecule has 0 fully saturated rings. The molecule has 0 aromatic heterocycles. The predicted octanol–water partition coefficient (Wildman–Crippen LogP) is 0.445. The highest BCUT2D eigenvalue weighted by molar-refractivity contribution is 6.13. The van der Waals surface area contributed by atoms with E-state index in [-0.39, 0.29) is 30.5 Å². The van der Waals surface area contributed by atoms with Crippen molar-refractivity contribution in [1.29, 1.82) is 5.41 Å². The van der Waals surface area contributed by atoms with E-state index >= 15 is 0 Å². The minimum absolute atomic E-state index is 0.113. The Labute approximate surface area is 223 Å². The monoisotopic (exact) mass is 538 g/mol. The van der Waals surface area contributed by atoms with Crippen molar-refractivity contribution in [1.82, 2.24) is 10.7 Å². The summed E-state index contributed by atoms with van der Waals surface area (Å²) in [6.45, 7) is 1.22. The number of amides is 2. The van der Waals surface area contributed by atoms with Crippen molar-refractivity contribution in [3.8, 4) is 0 Å². The first kappa shape index (κ1) is 28.7. The second kappa shape index (κ2) is 12.6. The summed E-state index contributed by atoms with van der Waals surface area (Å²) in [4.78, 5) is 48.9. The van der Waals surface area contributed by atoms with E-state index in [1.54, 1.807) is 54.6 Å². The number of carbonyl (C=O) groups excluding carboxylic acids is 3. The summed E-state index contributed by atoms with van der Waals surface area (Å²) < 4.78 is 5.29. The molecule has 1 aliphatic heterocycles. The van der Waals surface area contributed by atoms with Crippen LogP contribution in [0.15, 0.2) is 59.7 Å². The van der Waals surface area contributed by atoms with Crippen molar-refractivity contribution in [3.63, 3.8) is 0 Å². The van der Waals surface area contributed by atoms with E-state index < -0.39 is 47.3 Å². The van der Waals surface area contributed by atoms with Crippen LogP contribution in [0.3, 0.4) is 0 Å². The Balaban J connectivity index is 1.81. The van der Waals surface area contributed by atoms with Gasteiger partial charge >= 0.3 is 5.97 Å². The number of nitrogens with two attached hydrogens (primary N) is 2. The molecule has 0 saturated heterocycles. The molecule has 0 radical (unpaired) electrons. The van der Waals surface area contributed by atoms with Gasteiger partial charge < -0.3 is 26.8 Å². The summed E-state index contributed by atoms with van der Waals surface area (Å²) >= 11 is 0. The number of carbonyl (C=O) groups is 3. The standard InChI is InChI=1S/C25H30N8O6/c1-15-11-20(34)31-32-21(15)17-7-9-18(10-8-17)30-22(35)25(28,12-19(33(37)38)13-29-24(26)27)23(36)39-14-16-5-3-2-4-6-16/h2-10,15,19H,11-14,28H2,1H3,(H,30,35)(H,31,34)(H4,26,27,29)/t15?,19?,25-/m0/s1. The number of benzene rings is 2. The topological polar surface area (TPSA) is 228 Å². The maximum absolute atomic E-state index is 13.3. The van der Waals surface area contributed by atoms with Crippen LogP contribution in [0, 0.1) is 21.4 Å². The molecule has 1 heterocycles. The molecule has 2 aromatic rings. The number of hydrogen-bond donors (Lipinski definition) is 6. The van der Waals surface area contributed by atoms with Gasteiger partial charge in [-0.2, -0.15) is 5.10 Å². The van der Waals surface area contributed by atoms with Gasteiger partial charge in [-0.15, -0.1) is 0 Å². The molecule has 2 amide bonds. The Hall–Kier alpha value is -4.85. The molecule has 1 aliphatic rings. The van der Waals surface area contributed by atoms with E-state index in [9.17, 15) is 24.5 Å². The first-order chi connectivity index (χ1) is 18.5. The van der Waals surface area contributed by atoms with Crippen molar-refractivity contribution in [3.05, 3.63) is 75.8 Å². The van der Waals surface area contributed by atoms with Crippen LogP contribution in [0.4, 0.5) is 5.69 Å². The summed E-state index contributed by atoms with van der Waals surface area (Å²) in [6, 6.07) is 13.6. The average molecular weight is 539 g/mol. The van der Waals surface area contributed by atoms with E-state index in [1.165, 1.54) is 0 Å². The lowest BCUT2D eigenvalue weighted by Crippen LogP contribution is -2.61. The summed E-state index contributed by atoms with van der Waals surface area (Å²) in [7, 11) is 0. The van der Waals surface area contributed by atoms with Gasteiger partial charge in [0.25, 0.3) is 5.91 Å². The number of anilines is 1. The molecule has 3 atom stereocenters. The first-order valence-electron chi connectivity index (χ1n) is 12.0. The fourth-order valence-electron chi connectivity index (χ4n) is 3.91. The lowest BCUT2D eigenvalue weighted by atomic mass is 9.90. The second-order valence-electron chi connectivity index (χ2n) is 9.14. The van der Waals surface area contributed by atoms with Crippen LogP contribution in [0.1, 0.15) is 30.9 Å². The van der Waals surface area contributed by atoms with Crippen LogP contribution in [0.2, 0.25) is 0 Å². The van der Waals surface area contributed by atoms with Crippen LogP contribution < -0.4 is 27.5 Å². The Kier molecular flexibility index (Phi) is 9.28. The van der Waals surface area contributed by atoms with Gasteiger partial charge in [0.05, 0.1) is 18.7 Å². The zero-order chi connectivity index (χ0) is 28.6. The zero-order valence-electron chi connectivity index (χ0n) is 21.2. The van der Waals surface area contributed by atoms with Crippen LogP contribution in [-0.2, 0) is 25.7 Å². The molecule has 2 unspecified atom stereocenters. The molecule has 14 nitrogen and oxygen atoms in total. The van der Waals surface area contributed by atoms with Gasteiger partial charge in [-0.25, -0.2) is 10.2 Å². The summed E-state index contributed by atoms with van der Waals surface area (Å²) in [5.74, 6) is -2.98. The number of guanidine groups is 1. The molecule has 0 spiro atoms. The summed E-state index contributed by atoms with van der Waals surface area (Å²) in [5.41, 5.74) is 13.8. The van der Waals surface area contributed by atoms with Crippen LogP contribution >= 0.6 is 0 Å². The number of hydrazone groups is 1. The largest absolute Gasteiger partial charge is 0.459 e. The minimum Gasteiger partial charge on any atom is -0.459 e. The van der Waals surface area contributed by atoms with Crippen LogP contribution in [0.25, 0.3) is 0 Å². The third-order valence-electron chi connectivity index (χ3n) is 6.06. The Morgan fingerprint density at radius 1 is 1.26 bits per heavy atom. The molecular weight excluding hydrogens is 508 g/mol. The van der Waals surface area contributed by atoms with E-state index in [0.717, 1.165) is 0 Å². The number of rotatable bonds is 11. The maximum atomic E-state index is 13.3. The molecule has 0 aliphatic carbocycles. The molecular formula is C25H30N8O6. The fraction of sp³-hybridized carbons (Fsp3) is 0.320. The number of esters is 1. The SMILES string of the molecule is CC1CC(=O)NN=C1c1ccc(NC(=O)[C@@](N)(CC(CNC(=N)N)[N+](=O)[O-])C(=O)OCc2ccccc2)cc1. The second-order valence-corrected chi connectivity index (χ2v) is 9.14. The molecule has 8 N–H and O–H groups in total. The summed E-state index contributed by atoms with van der Waals surface area (Å²) in [5, 5.41) is 27.9. The minimum atomic E-state index is -2.45. The number of nitro groups is 1. The van der Waals surface area contributed by atoms with Crippen LogP contribution in [0.5, 0.6) is 0 Å². The third kappa shape index (κ3) is 7.58. The highest BCUT2D eigenvalue weighted by Gasteiger charge is 2.48. The average Bonchev–Trinajstić information content (AvgIpc) is 2.90. The maximum Gasteiger partial charge on any atom is 0.336 e. The number of ether oxygens (including phenoxy) is 1. The van der Waals surface area contributed by atoms with Crippen molar-refractivity contribution in [2.75, 3.05) is 11.9 Å². The molecule has 14 heteroatoms. The van der Waals surface area contributed by atoms with Crippen molar-refractivity contribution < 1.29 is 24.0 Å². The smallest absolute Gasteiger partial charge is 0.336 e. The lowest BCUT2D eigenvalue weighted by molar-refractivity contribution is -0.521. The van der Waals surface area contributed by atoms with E-state index in [4.69, 9.17) is 21.6 Å². The van der Waals surface area contributed by atoms with E-state index in [1.807, 2.05) is 6.92 Å². The van der Waals surface area contributed by atoms with Gasteiger partial charge in [-0.05, 0) is 23.3 Å². The number of nitrogens with one attached hydrogen (secondary N) is 4. The van der Waals surface area contributed by atoms with Gasteiger partial charge in [0, 0.05) is 22.9 Å². The van der Waals surface area contributed by atoms with Gasteiger partial charge in [0.2, 0.25) is 17.5 Å². The summed E-state index contributed by atoms with van der Waals surface area (Å²) in [6.07, 6.45) is -0.444. The highest BCUT2D eigenvalue weighted by atomic mass is 16.6. The third-order valence-corrected chi connectivity index (χ3v) is 6.06.